The summed E-state index contributed by atoms with van der Waals surface area (Å²) in [6.07, 6.45) is -1.19. The van der Waals surface area contributed by atoms with Crippen LogP contribution < -0.4 is 5.32 Å². The molecule has 8 nitrogen and oxygen atoms in total. The molecule has 2 atom stereocenters. The summed E-state index contributed by atoms with van der Waals surface area (Å²) in [4.78, 5) is 51.8. The SMILES string of the molecule is CC(C)[C@H](C(=O)O[C@H](C)C(=O)Nc1cccc(C#N)c1)N1C(=O)c2ccccc2C1=O. The number of hydrogen-bond acceptors (Lipinski definition) is 6. The van der Waals surface area contributed by atoms with Crippen LogP contribution in [0.2, 0.25) is 0 Å². The Morgan fingerprint density at radius 1 is 1.00 bits per heavy atom. The molecular formula is C23H21N3O5. The predicted molar refractivity (Wildman–Crippen MR) is 111 cm³/mol. The Morgan fingerprint density at radius 3 is 2.16 bits per heavy atom. The van der Waals surface area contributed by atoms with Crippen molar-refractivity contribution in [2.45, 2.75) is 32.9 Å². The van der Waals surface area contributed by atoms with Crippen LogP contribution in [0.4, 0.5) is 5.69 Å². The number of nitrogens with one attached hydrogen (secondary N) is 1. The van der Waals surface area contributed by atoms with Crippen LogP contribution in [0.25, 0.3) is 0 Å². The van der Waals surface area contributed by atoms with Crippen molar-refractivity contribution in [3.8, 4) is 6.07 Å². The van der Waals surface area contributed by atoms with Crippen LogP contribution in [0, 0.1) is 17.2 Å². The summed E-state index contributed by atoms with van der Waals surface area (Å²) in [7, 11) is 0. The molecule has 0 aromatic heterocycles. The van der Waals surface area contributed by atoms with E-state index in [9.17, 15) is 19.2 Å². The number of ether oxygens (including phenoxy) is 1. The van der Waals surface area contributed by atoms with Gasteiger partial charge in [0.05, 0.1) is 22.8 Å². The van der Waals surface area contributed by atoms with Gasteiger partial charge < -0.3 is 10.1 Å². The molecule has 0 fully saturated rings. The Balaban J connectivity index is 1.74. The number of carbonyl (C=O) groups is 4. The number of rotatable bonds is 6. The lowest BCUT2D eigenvalue weighted by Gasteiger charge is -2.28. The zero-order valence-corrected chi connectivity index (χ0v) is 17.3. The molecule has 3 rings (SSSR count). The average molecular weight is 419 g/mol. The van der Waals surface area contributed by atoms with E-state index in [1.54, 1.807) is 44.2 Å². The van der Waals surface area contributed by atoms with Gasteiger partial charge in [-0.25, -0.2) is 4.79 Å². The van der Waals surface area contributed by atoms with E-state index in [2.05, 4.69) is 5.32 Å². The maximum Gasteiger partial charge on any atom is 0.330 e. The van der Waals surface area contributed by atoms with E-state index in [0.29, 0.717) is 11.3 Å². The largest absolute Gasteiger partial charge is 0.451 e. The van der Waals surface area contributed by atoms with E-state index in [4.69, 9.17) is 10.00 Å². The summed E-state index contributed by atoms with van der Waals surface area (Å²) < 4.78 is 5.31. The molecule has 1 aliphatic heterocycles. The summed E-state index contributed by atoms with van der Waals surface area (Å²) in [5, 5.41) is 11.5. The smallest absolute Gasteiger partial charge is 0.330 e. The molecule has 0 bridgehead atoms. The number of fused-ring (bicyclic) bond motifs is 1. The number of nitriles is 1. The van der Waals surface area contributed by atoms with Crippen molar-refractivity contribution >= 4 is 29.4 Å². The summed E-state index contributed by atoms with van der Waals surface area (Å²) in [6, 6.07) is 13.4. The van der Waals surface area contributed by atoms with Gasteiger partial charge in [0, 0.05) is 5.69 Å². The molecule has 0 spiro atoms. The van der Waals surface area contributed by atoms with Gasteiger partial charge in [-0.1, -0.05) is 32.0 Å². The van der Waals surface area contributed by atoms with Crippen LogP contribution in [0.15, 0.2) is 48.5 Å². The van der Waals surface area contributed by atoms with Gasteiger partial charge >= 0.3 is 5.97 Å². The average Bonchev–Trinajstić information content (AvgIpc) is 2.99. The van der Waals surface area contributed by atoms with Crippen molar-refractivity contribution in [1.29, 1.82) is 5.26 Å². The predicted octanol–water partition coefficient (Wildman–Crippen LogP) is 2.75. The lowest BCUT2D eigenvalue weighted by atomic mass is 10.0. The van der Waals surface area contributed by atoms with Crippen molar-refractivity contribution in [2.24, 2.45) is 5.92 Å². The van der Waals surface area contributed by atoms with Crippen molar-refractivity contribution in [3.05, 3.63) is 65.2 Å². The Bertz CT molecular complexity index is 1070. The maximum absolute atomic E-state index is 12.9. The molecular weight excluding hydrogens is 398 g/mol. The quantitative estimate of drug-likeness (QED) is 0.568. The second kappa shape index (κ2) is 8.79. The number of benzene rings is 2. The van der Waals surface area contributed by atoms with E-state index in [0.717, 1.165) is 4.90 Å². The fourth-order valence-corrected chi connectivity index (χ4v) is 3.34. The molecule has 3 amide bonds. The number of nitrogens with zero attached hydrogens (tertiary/aromatic N) is 2. The monoisotopic (exact) mass is 419 g/mol. The number of imide groups is 1. The minimum absolute atomic E-state index is 0.231. The van der Waals surface area contributed by atoms with Crippen molar-refractivity contribution in [2.75, 3.05) is 5.32 Å². The van der Waals surface area contributed by atoms with E-state index < -0.39 is 41.8 Å². The summed E-state index contributed by atoms with van der Waals surface area (Å²) in [5.74, 6) is -3.02. The molecule has 1 N–H and O–H groups in total. The molecule has 0 unspecified atom stereocenters. The molecule has 0 saturated heterocycles. The van der Waals surface area contributed by atoms with Crippen LogP contribution >= 0.6 is 0 Å². The van der Waals surface area contributed by atoms with Gasteiger partial charge in [-0.3, -0.25) is 19.3 Å². The van der Waals surface area contributed by atoms with E-state index in [1.807, 2.05) is 6.07 Å². The van der Waals surface area contributed by atoms with Crippen LogP contribution in [-0.2, 0) is 14.3 Å². The highest BCUT2D eigenvalue weighted by molar-refractivity contribution is 6.22. The standard InChI is InChI=1S/C23H21N3O5/c1-13(2)19(26-21(28)17-9-4-5-10-18(17)22(26)29)23(30)31-14(3)20(27)25-16-8-6-7-15(11-16)12-24/h4-11,13-14,19H,1-3H3,(H,25,27)/t14-,19-/m1/s1. The van der Waals surface area contributed by atoms with Gasteiger partial charge in [-0.05, 0) is 43.2 Å². The third-order valence-electron chi connectivity index (χ3n) is 4.90. The zero-order valence-electron chi connectivity index (χ0n) is 17.3. The number of hydrogen-bond donors (Lipinski definition) is 1. The Labute approximate surface area is 179 Å². The van der Waals surface area contributed by atoms with Crippen LogP contribution in [0.5, 0.6) is 0 Å². The molecule has 31 heavy (non-hydrogen) atoms. The highest BCUT2D eigenvalue weighted by Gasteiger charge is 2.45. The number of anilines is 1. The van der Waals surface area contributed by atoms with Gasteiger partial charge in [0.15, 0.2) is 6.10 Å². The fourth-order valence-electron chi connectivity index (χ4n) is 3.34. The van der Waals surface area contributed by atoms with Gasteiger partial charge in [0.25, 0.3) is 17.7 Å². The topological polar surface area (TPSA) is 117 Å². The molecule has 2 aromatic rings. The van der Waals surface area contributed by atoms with Crippen molar-refractivity contribution in [1.82, 2.24) is 4.90 Å². The first-order valence-corrected chi connectivity index (χ1v) is 9.73. The van der Waals surface area contributed by atoms with Gasteiger partial charge in [-0.15, -0.1) is 0 Å². The zero-order chi connectivity index (χ0) is 22.7. The normalized spacial score (nSPS) is 14.6. The Kier molecular flexibility index (Phi) is 6.16. The summed E-state index contributed by atoms with van der Waals surface area (Å²) in [6.45, 7) is 4.77. The van der Waals surface area contributed by atoms with E-state index >= 15 is 0 Å². The first kappa shape index (κ1) is 21.7. The number of carbonyl (C=O) groups excluding carboxylic acids is 4. The lowest BCUT2D eigenvalue weighted by molar-refractivity contribution is -0.158. The fraction of sp³-hybridized carbons (Fsp3) is 0.261. The van der Waals surface area contributed by atoms with Crippen LogP contribution in [0.1, 0.15) is 47.1 Å². The number of amides is 3. The minimum Gasteiger partial charge on any atom is -0.451 e. The molecule has 1 heterocycles. The third kappa shape index (κ3) is 4.31. The molecule has 0 radical (unpaired) electrons. The first-order chi connectivity index (χ1) is 14.7. The first-order valence-electron chi connectivity index (χ1n) is 9.73. The molecule has 0 aliphatic carbocycles. The highest BCUT2D eigenvalue weighted by Crippen LogP contribution is 2.28. The Hall–Kier alpha value is -3.99. The van der Waals surface area contributed by atoms with Gasteiger partial charge in [-0.2, -0.15) is 5.26 Å². The number of esters is 1. The second-order valence-electron chi connectivity index (χ2n) is 7.48. The van der Waals surface area contributed by atoms with Crippen molar-refractivity contribution in [3.63, 3.8) is 0 Å². The Morgan fingerprint density at radius 2 is 1.61 bits per heavy atom. The van der Waals surface area contributed by atoms with Crippen molar-refractivity contribution < 1.29 is 23.9 Å². The lowest BCUT2D eigenvalue weighted by Crippen LogP contribution is -2.50. The van der Waals surface area contributed by atoms with Gasteiger partial charge in [0.2, 0.25) is 0 Å². The molecule has 1 aliphatic rings. The van der Waals surface area contributed by atoms with Crippen LogP contribution in [0.3, 0.4) is 0 Å². The highest BCUT2D eigenvalue weighted by atomic mass is 16.5. The maximum atomic E-state index is 12.9. The summed E-state index contributed by atoms with van der Waals surface area (Å²) in [5.41, 5.74) is 1.21. The second-order valence-corrected chi connectivity index (χ2v) is 7.48. The molecule has 8 heteroatoms. The van der Waals surface area contributed by atoms with E-state index in [-0.39, 0.29) is 11.1 Å². The summed E-state index contributed by atoms with van der Waals surface area (Å²) >= 11 is 0. The molecule has 2 aromatic carbocycles. The molecule has 158 valence electrons. The van der Waals surface area contributed by atoms with E-state index in [1.165, 1.54) is 25.1 Å². The van der Waals surface area contributed by atoms with Gasteiger partial charge in [0.1, 0.15) is 6.04 Å². The van der Waals surface area contributed by atoms with Crippen LogP contribution in [-0.4, -0.2) is 40.7 Å². The third-order valence-corrected chi connectivity index (χ3v) is 4.90. The minimum atomic E-state index is -1.19. The molecule has 0 saturated carbocycles.